The van der Waals surface area contributed by atoms with Crippen LogP contribution < -0.4 is 9.64 Å². The van der Waals surface area contributed by atoms with E-state index in [1.807, 2.05) is 6.07 Å². The van der Waals surface area contributed by atoms with Gasteiger partial charge in [0, 0.05) is 38.8 Å². The van der Waals surface area contributed by atoms with Crippen LogP contribution in [0.15, 0.2) is 35.3 Å². The lowest BCUT2D eigenvalue weighted by atomic mass is 10.1. The van der Waals surface area contributed by atoms with Gasteiger partial charge in [-0.25, -0.2) is 4.98 Å². The fourth-order valence-corrected chi connectivity index (χ4v) is 3.66. The third-order valence-electron chi connectivity index (χ3n) is 5.37. The number of aliphatic imine (C=N–C) groups is 1. The summed E-state index contributed by atoms with van der Waals surface area (Å²) in [6.07, 6.45) is 1.74. The number of ether oxygens (including phenoxy) is 3. The van der Waals surface area contributed by atoms with Gasteiger partial charge in [-0.1, -0.05) is 29.8 Å². The van der Waals surface area contributed by atoms with E-state index in [4.69, 9.17) is 19.2 Å². The summed E-state index contributed by atoms with van der Waals surface area (Å²) in [7, 11) is 0. The van der Waals surface area contributed by atoms with Gasteiger partial charge in [0.1, 0.15) is 12.4 Å². The van der Waals surface area contributed by atoms with Crippen LogP contribution in [0, 0.1) is 6.92 Å². The summed E-state index contributed by atoms with van der Waals surface area (Å²) in [5.41, 5.74) is 2.40. The molecule has 8 nitrogen and oxygen atoms in total. The van der Waals surface area contributed by atoms with Crippen LogP contribution in [0.4, 0.5) is 5.82 Å². The molecular weight excluding hydrogens is 394 g/mol. The van der Waals surface area contributed by atoms with Gasteiger partial charge in [0.15, 0.2) is 5.82 Å². The molecule has 0 N–H and O–H groups in total. The first-order valence-electron chi connectivity index (χ1n) is 11.0. The molecule has 0 saturated carbocycles. The fraction of sp³-hybridized carbons (Fsp3) is 0.522. The second-order valence-corrected chi connectivity index (χ2v) is 7.78. The van der Waals surface area contributed by atoms with E-state index < -0.39 is 0 Å². The monoisotopic (exact) mass is 425 g/mol. The molecule has 2 aliphatic heterocycles. The van der Waals surface area contributed by atoms with Gasteiger partial charge in [0.05, 0.1) is 39.2 Å². The van der Waals surface area contributed by atoms with Crippen molar-refractivity contribution in [2.24, 2.45) is 4.99 Å². The van der Waals surface area contributed by atoms with Crippen molar-refractivity contribution in [1.29, 1.82) is 0 Å². The standard InChI is InChI=1S/C23H31N5O3/c1-19-3-2-4-20(15-19)17-24-18-21-25-22(28-8-12-30-13-9-28)16-23(26-21)31-14-7-27-5-10-29-11-6-27/h2-4,15-16,18H,5-14,17H2,1H3. The number of benzene rings is 1. The largest absolute Gasteiger partial charge is 0.476 e. The molecule has 1 aromatic carbocycles. The molecule has 1 aromatic heterocycles. The number of anilines is 1. The predicted molar refractivity (Wildman–Crippen MR) is 120 cm³/mol. The van der Waals surface area contributed by atoms with Crippen LogP contribution in [0.25, 0.3) is 0 Å². The molecule has 2 aliphatic rings. The first kappa shape index (κ1) is 21.7. The lowest BCUT2D eigenvalue weighted by Crippen LogP contribution is -2.38. The average Bonchev–Trinajstić information content (AvgIpc) is 2.80. The van der Waals surface area contributed by atoms with Gasteiger partial charge >= 0.3 is 0 Å². The van der Waals surface area contributed by atoms with Crippen LogP contribution in [0.2, 0.25) is 0 Å². The smallest absolute Gasteiger partial charge is 0.219 e. The highest BCUT2D eigenvalue weighted by Gasteiger charge is 2.16. The Morgan fingerprint density at radius 3 is 2.58 bits per heavy atom. The van der Waals surface area contributed by atoms with Gasteiger partial charge in [-0.05, 0) is 12.5 Å². The first-order valence-corrected chi connectivity index (χ1v) is 11.0. The van der Waals surface area contributed by atoms with Gasteiger partial charge < -0.3 is 19.1 Å². The minimum Gasteiger partial charge on any atom is -0.476 e. The molecule has 4 rings (SSSR count). The highest BCUT2D eigenvalue weighted by atomic mass is 16.5. The third kappa shape index (κ3) is 6.72. The normalized spacial score (nSPS) is 17.9. The van der Waals surface area contributed by atoms with Crippen molar-refractivity contribution in [3.63, 3.8) is 0 Å². The zero-order valence-electron chi connectivity index (χ0n) is 18.2. The van der Waals surface area contributed by atoms with Gasteiger partial charge in [-0.3, -0.25) is 9.89 Å². The van der Waals surface area contributed by atoms with Gasteiger partial charge in [-0.15, -0.1) is 0 Å². The number of aryl methyl sites for hydroxylation is 1. The maximum atomic E-state index is 6.01. The minimum atomic E-state index is 0.568. The van der Waals surface area contributed by atoms with Crippen LogP contribution in [0.5, 0.6) is 5.88 Å². The number of hydrogen-bond donors (Lipinski definition) is 0. The van der Waals surface area contributed by atoms with Gasteiger partial charge in [0.25, 0.3) is 0 Å². The Bertz CT molecular complexity index is 864. The van der Waals surface area contributed by atoms with Crippen molar-refractivity contribution in [3.8, 4) is 5.88 Å². The Morgan fingerprint density at radius 1 is 1.03 bits per heavy atom. The summed E-state index contributed by atoms with van der Waals surface area (Å²) < 4.78 is 16.9. The van der Waals surface area contributed by atoms with Crippen molar-refractivity contribution in [3.05, 3.63) is 47.3 Å². The van der Waals surface area contributed by atoms with E-state index in [0.29, 0.717) is 38.1 Å². The van der Waals surface area contributed by atoms with Crippen LogP contribution in [0.1, 0.15) is 17.0 Å². The van der Waals surface area contributed by atoms with E-state index in [2.05, 4.69) is 51.0 Å². The molecular formula is C23H31N5O3. The van der Waals surface area contributed by atoms with Crippen LogP contribution in [-0.4, -0.2) is 86.8 Å². The van der Waals surface area contributed by atoms with Crippen LogP contribution >= 0.6 is 0 Å². The zero-order valence-corrected chi connectivity index (χ0v) is 18.2. The zero-order chi connectivity index (χ0) is 21.3. The average molecular weight is 426 g/mol. The van der Waals surface area contributed by atoms with Crippen molar-refractivity contribution >= 4 is 12.0 Å². The Hall–Kier alpha value is -2.55. The quantitative estimate of drug-likeness (QED) is 0.599. The van der Waals surface area contributed by atoms with E-state index in [9.17, 15) is 0 Å². The molecule has 3 heterocycles. The van der Waals surface area contributed by atoms with E-state index in [1.165, 1.54) is 11.1 Å². The predicted octanol–water partition coefficient (Wildman–Crippen LogP) is 1.95. The molecule has 0 unspecified atom stereocenters. The third-order valence-corrected chi connectivity index (χ3v) is 5.37. The van der Waals surface area contributed by atoms with E-state index in [0.717, 1.165) is 51.8 Å². The van der Waals surface area contributed by atoms with E-state index in [1.54, 1.807) is 6.21 Å². The molecule has 31 heavy (non-hydrogen) atoms. The molecule has 0 aliphatic carbocycles. The molecule has 2 saturated heterocycles. The lowest BCUT2D eigenvalue weighted by molar-refractivity contribution is 0.0320. The number of rotatable bonds is 8. The number of aromatic nitrogens is 2. The molecule has 0 atom stereocenters. The number of hydrogen-bond acceptors (Lipinski definition) is 8. The van der Waals surface area contributed by atoms with E-state index >= 15 is 0 Å². The van der Waals surface area contributed by atoms with Crippen LogP contribution in [0.3, 0.4) is 0 Å². The summed E-state index contributed by atoms with van der Waals surface area (Å²) in [6, 6.07) is 10.3. The highest BCUT2D eigenvalue weighted by Crippen LogP contribution is 2.19. The molecule has 8 heteroatoms. The van der Waals surface area contributed by atoms with Gasteiger partial charge in [-0.2, -0.15) is 4.98 Å². The summed E-state index contributed by atoms with van der Waals surface area (Å²) >= 11 is 0. The molecule has 0 spiro atoms. The summed E-state index contributed by atoms with van der Waals surface area (Å²) in [5, 5.41) is 0. The Labute approximate surface area is 183 Å². The summed E-state index contributed by atoms with van der Waals surface area (Å²) in [5.74, 6) is 2.01. The Balaban J connectivity index is 1.43. The fourth-order valence-electron chi connectivity index (χ4n) is 3.66. The van der Waals surface area contributed by atoms with Crippen molar-refractivity contribution < 1.29 is 14.2 Å². The Kier molecular flexibility index (Phi) is 7.81. The maximum Gasteiger partial charge on any atom is 0.219 e. The highest BCUT2D eigenvalue weighted by molar-refractivity contribution is 5.75. The topological polar surface area (TPSA) is 72.3 Å². The summed E-state index contributed by atoms with van der Waals surface area (Å²) in [4.78, 5) is 18.4. The summed E-state index contributed by atoms with van der Waals surface area (Å²) in [6.45, 7) is 10.6. The van der Waals surface area contributed by atoms with Crippen molar-refractivity contribution in [1.82, 2.24) is 14.9 Å². The molecule has 2 aromatic rings. The first-order chi connectivity index (χ1) is 15.3. The second-order valence-electron chi connectivity index (χ2n) is 7.78. The lowest BCUT2D eigenvalue weighted by Gasteiger charge is -2.28. The molecule has 2 fully saturated rings. The minimum absolute atomic E-state index is 0.568. The molecule has 0 bridgehead atoms. The molecule has 0 amide bonds. The van der Waals surface area contributed by atoms with Crippen molar-refractivity contribution in [2.75, 3.05) is 70.7 Å². The Morgan fingerprint density at radius 2 is 1.81 bits per heavy atom. The SMILES string of the molecule is Cc1cccc(CN=Cc2nc(OCCN3CCOCC3)cc(N3CCOCC3)n2)c1. The maximum absolute atomic E-state index is 6.01. The second kappa shape index (κ2) is 11.2. The van der Waals surface area contributed by atoms with Gasteiger partial charge in [0.2, 0.25) is 5.88 Å². The van der Waals surface area contributed by atoms with Crippen molar-refractivity contribution in [2.45, 2.75) is 13.5 Å². The number of nitrogens with zero attached hydrogens (tertiary/aromatic N) is 5. The van der Waals surface area contributed by atoms with E-state index in [-0.39, 0.29) is 0 Å². The number of morpholine rings is 2. The van der Waals surface area contributed by atoms with Crippen LogP contribution in [-0.2, 0) is 16.0 Å². The molecule has 166 valence electrons. The molecule has 0 radical (unpaired) electrons.